The number of amides is 1. The maximum absolute atomic E-state index is 12.7. The number of nitrogens with zero attached hydrogens (tertiary/aromatic N) is 2. The molecule has 2 aromatic carbocycles. The van der Waals surface area contributed by atoms with E-state index in [1.54, 1.807) is 0 Å². The van der Waals surface area contributed by atoms with Gasteiger partial charge in [-0.15, -0.1) is 12.4 Å². The maximum Gasteiger partial charge on any atom is 0.234 e. The van der Waals surface area contributed by atoms with Gasteiger partial charge >= 0.3 is 0 Å². The van der Waals surface area contributed by atoms with Crippen molar-refractivity contribution in [2.24, 2.45) is 0 Å². The van der Waals surface area contributed by atoms with Gasteiger partial charge in [0.1, 0.15) is 5.75 Å². The minimum absolute atomic E-state index is 0. The molecule has 162 valence electrons. The van der Waals surface area contributed by atoms with Gasteiger partial charge in [0.2, 0.25) is 5.91 Å². The summed E-state index contributed by atoms with van der Waals surface area (Å²) in [4.78, 5) is 17.2. The van der Waals surface area contributed by atoms with E-state index in [0.717, 1.165) is 60.9 Å². The molecule has 1 saturated heterocycles. The maximum atomic E-state index is 12.7. The first-order valence-electron chi connectivity index (χ1n) is 10.3. The van der Waals surface area contributed by atoms with Crippen molar-refractivity contribution in [3.05, 3.63) is 57.6 Å². The highest BCUT2D eigenvalue weighted by Gasteiger charge is 2.30. The third-order valence-electron chi connectivity index (χ3n) is 6.14. The van der Waals surface area contributed by atoms with E-state index in [1.165, 1.54) is 11.1 Å². The molecule has 5 nitrogen and oxygen atoms in total. The van der Waals surface area contributed by atoms with Gasteiger partial charge in [-0.1, -0.05) is 23.7 Å². The average molecular weight is 450 g/mol. The number of hydrogen-bond acceptors (Lipinski definition) is 4. The third kappa shape index (κ3) is 4.69. The van der Waals surface area contributed by atoms with Crippen molar-refractivity contribution in [3.8, 4) is 5.75 Å². The fourth-order valence-electron chi connectivity index (χ4n) is 4.61. The van der Waals surface area contributed by atoms with Crippen LogP contribution in [0.5, 0.6) is 5.75 Å². The smallest absolute Gasteiger partial charge is 0.234 e. The summed E-state index contributed by atoms with van der Waals surface area (Å²) in [5.41, 5.74) is 5.31. The zero-order chi connectivity index (χ0) is 20.5. The Morgan fingerprint density at radius 3 is 2.60 bits per heavy atom. The minimum Gasteiger partial charge on any atom is -0.507 e. The van der Waals surface area contributed by atoms with Crippen LogP contribution in [-0.4, -0.2) is 48.6 Å². The van der Waals surface area contributed by atoms with Crippen molar-refractivity contribution < 1.29 is 9.90 Å². The SMILES string of the molecule is Cc1cc(C)c2c(c1O)C(NC(=O)CN1CCN(c3cccc(Cl)c3)CC1)CC2.Cl. The highest BCUT2D eigenvalue weighted by molar-refractivity contribution is 6.30. The quantitative estimate of drug-likeness (QED) is 0.739. The second-order valence-electron chi connectivity index (χ2n) is 8.15. The van der Waals surface area contributed by atoms with Gasteiger partial charge in [0.05, 0.1) is 12.6 Å². The fourth-order valence-corrected chi connectivity index (χ4v) is 4.80. The van der Waals surface area contributed by atoms with Gasteiger partial charge in [0, 0.05) is 42.5 Å². The highest BCUT2D eigenvalue weighted by Crippen LogP contribution is 2.41. The Kier molecular flexibility index (Phi) is 7.17. The first-order chi connectivity index (χ1) is 13.9. The monoisotopic (exact) mass is 449 g/mol. The Morgan fingerprint density at radius 1 is 1.17 bits per heavy atom. The van der Waals surface area contributed by atoms with Crippen molar-refractivity contribution in [2.45, 2.75) is 32.7 Å². The number of anilines is 1. The highest BCUT2D eigenvalue weighted by atomic mass is 35.5. The summed E-state index contributed by atoms with van der Waals surface area (Å²) in [5, 5.41) is 14.4. The largest absolute Gasteiger partial charge is 0.507 e. The van der Waals surface area contributed by atoms with Crippen LogP contribution in [0.1, 0.15) is 34.7 Å². The Morgan fingerprint density at radius 2 is 1.90 bits per heavy atom. The van der Waals surface area contributed by atoms with Crippen LogP contribution in [-0.2, 0) is 11.2 Å². The normalized spacial score (nSPS) is 18.6. The minimum atomic E-state index is -0.0937. The summed E-state index contributed by atoms with van der Waals surface area (Å²) in [6.45, 7) is 7.81. The molecule has 0 radical (unpaired) electrons. The van der Waals surface area contributed by atoms with Gasteiger partial charge in [0.15, 0.2) is 0 Å². The van der Waals surface area contributed by atoms with Crippen LogP contribution in [0.3, 0.4) is 0 Å². The number of aromatic hydroxyl groups is 1. The molecule has 1 aliphatic carbocycles. The summed E-state index contributed by atoms with van der Waals surface area (Å²) in [7, 11) is 0. The molecule has 2 aliphatic rings. The lowest BCUT2D eigenvalue weighted by Gasteiger charge is -2.36. The van der Waals surface area contributed by atoms with Crippen molar-refractivity contribution in [2.75, 3.05) is 37.6 Å². The first kappa shape index (κ1) is 22.7. The number of fused-ring (bicyclic) bond motifs is 1. The van der Waals surface area contributed by atoms with Gasteiger partial charge < -0.3 is 15.3 Å². The number of piperazine rings is 1. The average Bonchev–Trinajstić information content (AvgIpc) is 3.11. The van der Waals surface area contributed by atoms with Gasteiger partial charge in [-0.3, -0.25) is 9.69 Å². The van der Waals surface area contributed by atoms with E-state index in [-0.39, 0.29) is 24.4 Å². The van der Waals surface area contributed by atoms with Gasteiger partial charge in [-0.05, 0) is 61.6 Å². The van der Waals surface area contributed by atoms with Crippen LogP contribution in [0.2, 0.25) is 5.02 Å². The van der Waals surface area contributed by atoms with Crippen molar-refractivity contribution >= 4 is 35.6 Å². The molecule has 1 heterocycles. The third-order valence-corrected chi connectivity index (χ3v) is 6.38. The number of hydrogen-bond donors (Lipinski definition) is 2. The molecule has 2 N–H and O–H groups in total. The summed E-state index contributed by atoms with van der Waals surface area (Å²) < 4.78 is 0. The fraction of sp³-hybridized carbons (Fsp3) is 0.435. The Hall–Kier alpha value is -1.95. The molecule has 7 heteroatoms. The van der Waals surface area contributed by atoms with Gasteiger partial charge in [0.25, 0.3) is 0 Å². The number of phenolic OH excluding ortho intramolecular Hbond substituents is 1. The molecule has 1 amide bonds. The van der Waals surface area contributed by atoms with Crippen molar-refractivity contribution in [1.29, 1.82) is 0 Å². The number of aryl methyl sites for hydroxylation is 2. The molecule has 1 unspecified atom stereocenters. The molecular weight excluding hydrogens is 421 g/mol. The lowest BCUT2D eigenvalue weighted by Crippen LogP contribution is -2.49. The predicted molar refractivity (Wildman–Crippen MR) is 124 cm³/mol. The number of carbonyl (C=O) groups excluding carboxylic acids is 1. The lowest BCUT2D eigenvalue weighted by molar-refractivity contribution is -0.123. The van der Waals surface area contributed by atoms with Crippen LogP contribution < -0.4 is 10.2 Å². The van der Waals surface area contributed by atoms with Gasteiger partial charge in [-0.2, -0.15) is 0 Å². The Bertz CT molecular complexity index is 927. The summed E-state index contributed by atoms with van der Waals surface area (Å²) >= 11 is 6.10. The van der Waals surface area contributed by atoms with E-state index in [4.69, 9.17) is 11.6 Å². The molecule has 1 fully saturated rings. The zero-order valence-electron chi connectivity index (χ0n) is 17.4. The van der Waals surface area contributed by atoms with Crippen molar-refractivity contribution in [1.82, 2.24) is 10.2 Å². The van der Waals surface area contributed by atoms with E-state index in [1.807, 2.05) is 31.2 Å². The number of carbonyl (C=O) groups is 1. The van der Waals surface area contributed by atoms with E-state index in [2.05, 4.69) is 28.1 Å². The first-order valence-corrected chi connectivity index (χ1v) is 10.6. The van der Waals surface area contributed by atoms with Crippen LogP contribution in [0.15, 0.2) is 30.3 Å². The summed E-state index contributed by atoms with van der Waals surface area (Å²) in [6.07, 6.45) is 1.75. The van der Waals surface area contributed by atoms with E-state index in [9.17, 15) is 9.90 Å². The van der Waals surface area contributed by atoms with Gasteiger partial charge in [-0.25, -0.2) is 0 Å². The number of halogens is 2. The molecule has 1 atom stereocenters. The molecule has 0 saturated carbocycles. The van der Waals surface area contributed by atoms with E-state index < -0.39 is 0 Å². The zero-order valence-corrected chi connectivity index (χ0v) is 19.0. The van der Waals surface area contributed by atoms with E-state index >= 15 is 0 Å². The predicted octanol–water partition coefficient (Wildman–Crippen LogP) is 4.01. The topological polar surface area (TPSA) is 55.8 Å². The standard InChI is InChI=1S/C23H28ClN3O2.ClH/c1-15-12-16(2)23(29)22-19(15)6-7-20(22)25-21(28)14-26-8-10-27(11-9-26)18-5-3-4-17(24)13-18;/h3-5,12-13,20,29H,6-11,14H2,1-2H3,(H,25,28);1H. The second kappa shape index (κ2) is 9.46. The molecule has 0 spiro atoms. The number of phenols is 1. The molecule has 30 heavy (non-hydrogen) atoms. The summed E-state index contributed by atoms with van der Waals surface area (Å²) in [6, 6.07) is 9.84. The lowest BCUT2D eigenvalue weighted by atomic mass is 9.98. The Labute approximate surface area is 189 Å². The van der Waals surface area contributed by atoms with Crippen molar-refractivity contribution in [3.63, 3.8) is 0 Å². The van der Waals surface area contributed by atoms with Crippen LogP contribution in [0, 0.1) is 13.8 Å². The molecule has 0 bridgehead atoms. The molecule has 4 rings (SSSR count). The molecule has 0 aromatic heterocycles. The number of benzene rings is 2. The molecule has 1 aliphatic heterocycles. The van der Waals surface area contributed by atoms with E-state index in [0.29, 0.717) is 12.3 Å². The molecule has 2 aromatic rings. The molecular formula is C23H29Cl2N3O2. The second-order valence-corrected chi connectivity index (χ2v) is 8.59. The van der Waals surface area contributed by atoms with Crippen LogP contribution >= 0.6 is 24.0 Å². The number of rotatable bonds is 4. The van der Waals surface area contributed by atoms with Crippen LogP contribution in [0.4, 0.5) is 5.69 Å². The van der Waals surface area contributed by atoms with Crippen LogP contribution in [0.25, 0.3) is 0 Å². The number of nitrogens with one attached hydrogen (secondary N) is 1. The Balaban J connectivity index is 0.00000256. The summed E-state index contributed by atoms with van der Waals surface area (Å²) in [5.74, 6) is 0.362.